The van der Waals surface area contributed by atoms with Gasteiger partial charge in [-0.1, -0.05) is 0 Å². The van der Waals surface area contributed by atoms with Crippen LogP contribution in [0.4, 0.5) is 0 Å². The van der Waals surface area contributed by atoms with Gasteiger partial charge in [0.25, 0.3) is 0 Å². The lowest BCUT2D eigenvalue weighted by molar-refractivity contribution is -0.0109. The fourth-order valence-corrected chi connectivity index (χ4v) is 2.01. The molecule has 0 aliphatic carbocycles. The van der Waals surface area contributed by atoms with Crippen molar-refractivity contribution in [2.24, 2.45) is 0 Å². The van der Waals surface area contributed by atoms with Gasteiger partial charge in [-0.3, -0.25) is 4.90 Å². The molecule has 16 heavy (non-hydrogen) atoms. The van der Waals surface area contributed by atoms with Crippen molar-refractivity contribution >= 4 is 0 Å². The minimum Gasteiger partial charge on any atom is -0.383 e. The third kappa shape index (κ3) is 4.37. The summed E-state index contributed by atoms with van der Waals surface area (Å²) in [4.78, 5) is 2.49. The summed E-state index contributed by atoms with van der Waals surface area (Å²) in [7, 11) is 1.74. The van der Waals surface area contributed by atoms with Crippen LogP contribution in [-0.4, -0.2) is 63.0 Å². The SMILES string of the molecule is COCC(C)NCC(C)(C)N1CCOCC1. The molecule has 4 nitrogen and oxygen atoms in total. The average Bonchev–Trinajstić information content (AvgIpc) is 2.28. The molecule has 1 saturated heterocycles. The van der Waals surface area contributed by atoms with E-state index in [-0.39, 0.29) is 5.54 Å². The second kappa shape index (κ2) is 6.55. The standard InChI is InChI=1S/C12H26N2O2/c1-11(9-15-4)13-10-12(2,3)14-5-7-16-8-6-14/h11,13H,5-10H2,1-4H3. The van der Waals surface area contributed by atoms with Crippen molar-refractivity contribution in [1.29, 1.82) is 0 Å². The van der Waals surface area contributed by atoms with E-state index in [9.17, 15) is 0 Å². The highest BCUT2D eigenvalue weighted by atomic mass is 16.5. The Morgan fingerprint density at radius 2 is 2.00 bits per heavy atom. The molecule has 0 aromatic rings. The summed E-state index contributed by atoms with van der Waals surface area (Å²) >= 11 is 0. The van der Waals surface area contributed by atoms with Gasteiger partial charge in [0.15, 0.2) is 0 Å². The number of hydrogen-bond donors (Lipinski definition) is 1. The summed E-state index contributed by atoms with van der Waals surface area (Å²) in [5.74, 6) is 0. The van der Waals surface area contributed by atoms with Crippen molar-refractivity contribution in [3.8, 4) is 0 Å². The fraction of sp³-hybridized carbons (Fsp3) is 1.00. The Kier molecular flexibility index (Phi) is 5.69. The van der Waals surface area contributed by atoms with Gasteiger partial charge in [0.05, 0.1) is 19.8 Å². The molecule has 1 aliphatic rings. The Bertz CT molecular complexity index is 191. The normalized spacial score (nSPS) is 21.0. The fourth-order valence-electron chi connectivity index (χ4n) is 2.01. The van der Waals surface area contributed by atoms with Crippen molar-refractivity contribution in [1.82, 2.24) is 10.2 Å². The lowest BCUT2D eigenvalue weighted by Crippen LogP contribution is -2.55. The molecule has 1 heterocycles. The van der Waals surface area contributed by atoms with Crippen LogP contribution < -0.4 is 5.32 Å². The molecule has 4 heteroatoms. The minimum absolute atomic E-state index is 0.186. The van der Waals surface area contributed by atoms with Crippen LogP contribution in [0.2, 0.25) is 0 Å². The molecular formula is C12H26N2O2. The van der Waals surface area contributed by atoms with Crippen LogP contribution in [0.15, 0.2) is 0 Å². The van der Waals surface area contributed by atoms with Gasteiger partial charge in [0, 0.05) is 38.3 Å². The summed E-state index contributed by atoms with van der Waals surface area (Å²) in [6.07, 6.45) is 0. The molecule has 0 bridgehead atoms. The molecular weight excluding hydrogens is 204 g/mol. The largest absolute Gasteiger partial charge is 0.383 e. The Hall–Kier alpha value is -0.160. The number of nitrogens with one attached hydrogen (secondary N) is 1. The van der Waals surface area contributed by atoms with Gasteiger partial charge in [0.1, 0.15) is 0 Å². The van der Waals surface area contributed by atoms with Crippen molar-refractivity contribution in [2.75, 3.05) is 46.6 Å². The predicted octanol–water partition coefficient (Wildman–Crippen LogP) is 0.722. The molecule has 0 aromatic heterocycles. The number of morpholine rings is 1. The van der Waals surface area contributed by atoms with E-state index in [0.717, 1.165) is 39.5 Å². The first-order chi connectivity index (χ1) is 7.56. The molecule has 1 atom stereocenters. The molecule has 1 unspecified atom stereocenters. The number of nitrogens with zero attached hydrogens (tertiary/aromatic N) is 1. The third-order valence-corrected chi connectivity index (χ3v) is 3.17. The van der Waals surface area contributed by atoms with Crippen molar-refractivity contribution in [3.05, 3.63) is 0 Å². The minimum atomic E-state index is 0.186. The molecule has 0 spiro atoms. The van der Waals surface area contributed by atoms with Crippen molar-refractivity contribution < 1.29 is 9.47 Å². The van der Waals surface area contributed by atoms with Crippen molar-refractivity contribution in [3.63, 3.8) is 0 Å². The predicted molar refractivity (Wildman–Crippen MR) is 65.8 cm³/mol. The first-order valence-corrected chi connectivity index (χ1v) is 6.11. The lowest BCUT2D eigenvalue weighted by Gasteiger charge is -2.41. The summed E-state index contributed by atoms with van der Waals surface area (Å²) in [6.45, 7) is 12.3. The monoisotopic (exact) mass is 230 g/mol. The van der Waals surface area contributed by atoms with Crippen LogP contribution >= 0.6 is 0 Å². The van der Waals surface area contributed by atoms with Gasteiger partial charge in [-0.15, -0.1) is 0 Å². The van der Waals surface area contributed by atoms with E-state index in [1.165, 1.54) is 0 Å². The molecule has 0 radical (unpaired) electrons. The highest BCUT2D eigenvalue weighted by Gasteiger charge is 2.28. The maximum Gasteiger partial charge on any atom is 0.0613 e. The van der Waals surface area contributed by atoms with E-state index in [4.69, 9.17) is 9.47 Å². The number of hydrogen-bond acceptors (Lipinski definition) is 4. The summed E-state index contributed by atoms with van der Waals surface area (Å²) in [6, 6.07) is 0.408. The Balaban J connectivity index is 2.31. The Labute approximate surface area is 99.3 Å². The van der Waals surface area contributed by atoms with E-state index < -0.39 is 0 Å². The van der Waals surface area contributed by atoms with Gasteiger partial charge in [0.2, 0.25) is 0 Å². The van der Waals surface area contributed by atoms with Gasteiger partial charge in [-0.25, -0.2) is 0 Å². The molecule has 1 fully saturated rings. The summed E-state index contributed by atoms with van der Waals surface area (Å²) in [5, 5.41) is 3.51. The Morgan fingerprint density at radius 1 is 1.38 bits per heavy atom. The second-order valence-electron chi connectivity index (χ2n) is 5.15. The lowest BCUT2D eigenvalue weighted by atomic mass is 10.0. The first-order valence-electron chi connectivity index (χ1n) is 6.11. The topological polar surface area (TPSA) is 33.7 Å². The molecule has 0 amide bonds. The van der Waals surface area contributed by atoms with E-state index in [0.29, 0.717) is 6.04 Å². The van der Waals surface area contributed by atoms with E-state index in [1.807, 2.05) is 0 Å². The van der Waals surface area contributed by atoms with Gasteiger partial charge >= 0.3 is 0 Å². The quantitative estimate of drug-likeness (QED) is 0.729. The zero-order chi connectivity index (χ0) is 12.0. The zero-order valence-corrected chi connectivity index (χ0v) is 11.1. The van der Waals surface area contributed by atoms with Crippen LogP contribution in [0, 0.1) is 0 Å². The molecule has 1 aliphatic heterocycles. The molecule has 1 N–H and O–H groups in total. The number of methoxy groups -OCH3 is 1. The Morgan fingerprint density at radius 3 is 2.56 bits per heavy atom. The van der Waals surface area contributed by atoms with Crippen molar-refractivity contribution in [2.45, 2.75) is 32.4 Å². The van der Waals surface area contributed by atoms with Crippen LogP contribution in [0.5, 0.6) is 0 Å². The van der Waals surface area contributed by atoms with E-state index in [1.54, 1.807) is 7.11 Å². The number of rotatable bonds is 6. The second-order valence-corrected chi connectivity index (χ2v) is 5.15. The van der Waals surface area contributed by atoms with Crippen LogP contribution in [0.25, 0.3) is 0 Å². The molecule has 1 rings (SSSR count). The molecule has 96 valence electrons. The highest BCUT2D eigenvalue weighted by Crippen LogP contribution is 2.15. The summed E-state index contributed by atoms with van der Waals surface area (Å²) in [5.41, 5.74) is 0.186. The van der Waals surface area contributed by atoms with E-state index in [2.05, 4.69) is 31.0 Å². The van der Waals surface area contributed by atoms with Gasteiger partial charge < -0.3 is 14.8 Å². The third-order valence-electron chi connectivity index (χ3n) is 3.17. The zero-order valence-electron chi connectivity index (χ0n) is 11.1. The highest BCUT2D eigenvalue weighted by molar-refractivity contribution is 4.86. The van der Waals surface area contributed by atoms with Crippen LogP contribution in [-0.2, 0) is 9.47 Å². The van der Waals surface area contributed by atoms with E-state index >= 15 is 0 Å². The number of ether oxygens (including phenoxy) is 2. The molecule has 0 saturated carbocycles. The summed E-state index contributed by atoms with van der Waals surface area (Å²) < 4.78 is 10.5. The van der Waals surface area contributed by atoms with Crippen LogP contribution in [0.3, 0.4) is 0 Å². The van der Waals surface area contributed by atoms with Crippen LogP contribution in [0.1, 0.15) is 20.8 Å². The maximum atomic E-state index is 5.38. The maximum absolute atomic E-state index is 5.38. The van der Waals surface area contributed by atoms with Gasteiger partial charge in [-0.05, 0) is 20.8 Å². The average molecular weight is 230 g/mol. The first kappa shape index (κ1) is 13.9. The van der Waals surface area contributed by atoms with Gasteiger partial charge in [-0.2, -0.15) is 0 Å². The molecule has 0 aromatic carbocycles. The smallest absolute Gasteiger partial charge is 0.0613 e.